The number of hydrogen-bond acceptors (Lipinski definition) is 4. The van der Waals surface area contributed by atoms with Crippen LogP contribution in [0.3, 0.4) is 0 Å². The zero-order valence-electron chi connectivity index (χ0n) is 11.5. The number of rotatable bonds is 6. The first kappa shape index (κ1) is 15.0. The quantitative estimate of drug-likeness (QED) is 0.786. The van der Waals surface area contributed by atoms with Crippen LogP contribution < -0.4 is 10.1 Å². The predicted molar refractivity (Wildman–Crippen MR) is 71.1 cm³/mol. The molecule has 0 atom stereocenters. The fourth-order valence-electron chi connectivity index (χ4n) is 1.63. The Bertz CT molecular complexity index is 457. The lowest BCUT2D eigenvalue weighted by Gasteiger charge is -2.08. The van der Waals surface area contributed by atoms with E-state index in [0.29, 0.717) is 0 Å². The van der Waals surface area contributed by atoms with Gasteiger partial charge in [-0.3, -0.25) is 9.59 Å². The van der Waals surface area contributed by atoms with E-state index in [1.54, 1.807) is 7.11 Å². The van der Waals surface area contributed by atoms with Crippen molar-refractivity contribution in [1.82, 2.24) is 5.32 Å². The van der Waals surface area contributed by atoms with Crippen LogP contribution in [0.15, 0.2) is 18.2 Å². The number of aryl methyl sites for hydroxylation is 1. The van der Waals surface area contributed by atoms with E-state index in [0.717, 1.165) is 16.9 Å². The van der Waals surface area contributed by atoms with Crippen molar-refractivity contribution in [2.24, 2.45) is 0 Å². The molecule has 0 fully saturated rings. The molecular formula is C14H19NO4. The van der Waals surface area contributed by atoms with Gasteiger partial charge in [0, 0.05) is 6.54 Å². The molecule has 0 aliphatic carbocycles. The summed E-state index contributed by atoms with van der Waals surface area (Å²) in [6, 6.07) is 5.64. The number of esters is 1. The number of carbonyl (C=O) groups is 2. The molecule has 1 rings (SSSR count). The van der Waals surface area contributed by atoms with Crippen LogP contribution in [0.2, 0.25) is 0 Å². The van der Waals surface area contributed by atoms with E-state index in [1.165, 1.54) is 7.11 Å². The lowest BCUT2D eigenvalue weighted by molar-refractivity contribution is -0.140. The Kier molecular flexibility index (Phi) is 5.85. The maximum Gasteiger partial charge on any atom is 0.307 e. The van der Waals surface area contributed by atoms with Crippen LogP contribution in [0.5, 0.6) is 5.75 Å². The van der Waals surface area contributed by atoms with E-state index in [4.69, 9.17) is 4.74 Å². The summed E-state index contributed by atoms with van der Waals surface area (Å²) in [5.74, 6) is 0.298. The van der Waals surface area contributed by atoms with Crippen molar-refractivity contribution in [2.45, 2.75) is 19.8 Å². The smallest absolute Gasteiger partial charge is 0.307 e. The third-order valence-electron chi connectivity index (χ3n) is 2.72. The molecule has 1 aromatic carbocycles. The molecule has 0 radical (unpaired) electrons. The Morgan fingerprint density at radius 1 is 1.26 bits per heavy atom. The number of methoxy groups -OCH3 is 2. The SMILES string of the molecule is COC(=O)CCNC(=O)Cc1ccc(C)c(OC)c1. The summed E-state index contributed by atoms with van der Waals surface area (Å²) in [4.78, 5) is 22.5. The van der Waals surface area contributed by atoms with Crippen molar-refractivity contribution in [3.05, 3.63) is 29.3 Å². The molecule has 0 aliphatic heterocycles. The van der Waals surface area contributed by atoms with Crippen LogP contribution in [0.4, 0.5) is 0 Å². The second-order valence-corrected chi connectivity index (χ2v) is 4.16. The molecule has 0 bridgehead atoms. The standard InChI is InChI=1S/C14H19NO4/c1-10-4-5-11(8-12(10)18-2)9-13(16)15-7-6-14(17)19-3/h4-5,8H,6-7,9H2,1-3H3,(H,15,16). The van der Waals surface area contributed by atoms with Gasteiger partial charge in [0.05, 0.1) is 27.1 Å². The minimum atomic E-state index is -0.336. The first-order valence-corrected chi connectivity index (χ1v) is 6.04. The van der Waals surface area contributed by atoms with E-state index in [9.17, 15) is 9.59 Å². The van der Waals surface area contributed by atoms with Crippen LogP contribution in [0, 0.1) is 6.92 Å². The first-order valence-electron chi connectivity index (χ1n) is 6.04. The van der Waals surface area contributed by atoms with Gasteiger partial charge in [-0.15, -0.1) is 0 Å². The van der Waals surface area contributed by atoms with Gasteiger partial charge < -0.3 is 14.8 Å². The van der Waals surface area contributed by atoms with E-state index in [2.05, 4.69) is 10.1 Å². The van der Waals surface area contributed by atoms with E-state index < -0.39 is 0 Å². The molecule has 0 saturated heterocycles. The maximum absolute atomic E-state index is 11.7. The number of benzene rings is 1. The fraction of sp³-hybridized carbons (Fsp3) is 0.429. The van der Waals surface area contributed by atoms with Gasteiger partial charge in [-0.05, 0) is 24.1 Å². The number of carbonyl (C=O) groups excluding carboxylic acids is 2. The largest absolute Gasteiger partial charge is 0.496 e. The van der Waals surface area contributed by atoms with E-state index in [1.807, 2.05) is 25.1 Å². The zero-order chi connectivity index (χ0) is 14.3. The van der Waals surface area contributed by atoms with Gasteiger partial charge in [-0.2, -0.15) is 0 Å². The van der Waals surface area contributed by atoms with Gasteiger partial charge in [-0.1, -0.05) is 12.1 Å². The molecule has 0 unspecified atom stereocenters. The molecule has 1 aromatic rings. The average molecular weight is 265 g/mol. The van der Waals surface area contributed by atoms with Crippen LogP contribution in [-0.4, -0.2) is 32.6 Å². The molecule has 1 amide bonds. The van der Waals surface area contributed by atoms with Crippen molar-refractivity contribution in [3.63, 3.8) is 0 Å². The molecule has 104 valence electrons. The van der Waals surface area contributed by atoms with Crippen molar-refractivity contribution in [1.29, 1.82) is 0 Å². The van der Waals surface area contributed by atoms with Crippen molar-refractivity contribution in [3.8, 4) is 5.75 Å². The number of hydrogen-bond donors (Lipinski definition) is 1. The van der Waals surface area contributed by atoms with E-state index in [-0.39, 0.29) is 31.3 Å². The fourth-order valence-corrected chi connectivity index (χ4v) is 1.63. The minimum absolute atomic E-state index is 0.130. The number of amides is 1. The highest BCUT2D eigenvalue weighted by Gasteiger charge is 2.07. The Hall–Kier alpha value is -2.04. The summed E-state index contributed by atoms with van der Waals surface area (Å²) in [6.07, 6.45) is 0.442. The molecule has 0 aliphatic rings. The Balaban J connectivity index is 2.46. The number of nitrogens with one attached hydrogen (secondary N) is 1. The highest BCUT2D eigenvalue weighted by Crippen LogP contribution is 2.19. The second-order valence-electron chi connectivity index (χ2n) is 4.16. The molecular weight excluding hydrogens is 246 g/mol. The predicted octanol–water partition coefficient (Wildman–Crippen LogP) is 1.23. The monoisotopic (exact) mass is 265 g/mol. The molecule has 0 aromatic heterocycles. The normalized spacial score (nSPS) is 9.84. The average Bonchev–Trinajstić information content (AvgIpc) is 2.40. The molecule has 0 heterocycles. The minimum Gasteiger partial charge on any atom is -0.496 e. The van der Waals surface area contributed by atoms with Crippen LogP contribution in [0.25, 0.3) is 0 Å². The summed E-state index contributed by atoms with van der Waals surface area (Å²) in [7, 11) is 2.92. The highest BCUT2D eigenvalue weighted by molar-refractivity contribution is 5.79. The number of ether oxygens (including phenoxy) is 2. The van der Waals surface area contributed by atoms with Crippen molar-refractivity contribution < 1.29 is 19.1 Å². The summed E-state index contributed by atoms with van der Waals surface area (Å²) < 4.78 is 9.69. The lowest BCUT2D eigenvalue weighted by atomic mass is 10.1. The molecule has 5 nitrogen and oxygen atoms in total. The Morgan fingerprint density at radius 3 is 2.63 bits per heavy atom. The summed E-state index contributed by atoms with van der Waals surface area (Å²) in [6.45, 7) is 2.23. The summed E-state index contributed by atoms with van der Waals surface area (Å²) in [5, 5.41) is 2.67. The summed E-state index contributed by atoms with van der Waals surface area (Å²) >= 11 is 0. The van der Waals surface area contributed by atoms with Gasteiger partial charge in [0.15, 0.2) is 0 Å². The van der Waals surface area contributed by atoms with Crippen molar-refractivity contribution in [2.75, 3.05) is 20.8 Å². The van der Waals surface area contributed by atoms with Gasteiger partial charge in [0.1, 0.15) is 5.75 Å². The molecule has 0 saturated carbocycles. The zero-order valence-corrected chi connectivity index (χ0v) is 11.5. The lowest BCUT2D eigenvalue weighted by Crippen LogP contribution is -2.27. The molecule has 19 heavy (non-hydrogen) atoms. The third kappa shape index (κ3) is 4.99. The Labute approximate surface area is 112 Å². The van der Waals surface area contributed by atoms with Gasteiger partial charge >= 0.3 is 5.97 Å². The Morgan fingerprint density at radius 2 is 2.00 bits per heavy atom. The van der Waals surface area contributed by atoms with Crippen LogP contribution in [0.1, 0.15) is 17.5 Å². The van der Waals surface area contributed by atoms with Gasteiger partial charge in [0.2, 0.25) is 5.91 Å². The van der Waals surface area contributed by atoms with Crippen LogP contribution >= 0.6 is 0 Å². The van der Waals surface area contributed by atoms with Gasteiger partial charge in [0.25, 0.3) is 0 Å². The van der Waals surface area contributed by atoms with Crippen LogP contribution in [-0.2, 0) is 20.7 Å². The third-order valence-corrected chi connectivity index (χ3v) is 2.72. The van der Waals surface area contributed by atoms with Gasteiger partial charge in [-0.25, -0.2) is 0 Å². The second kappa shape index (κ2) is 7.41. The highest BCUT2D eigenvalue weighted by atomic mass is 16.5. The van der Waals surface area contributed by atoms with E-state index >= 15 is 0 Å². The summed E-state index contributed by atoms with van der Waals surface area (Å²) in [5.41, 5.74) is 1.90. The maximum atomic E-state index is 11.7. The molecule has 1 N–H and O–H groups in total. The topological polar surface area (TPSA) is 64.6 Å². The molecule has 0 spiro atoms. The first-order chi connectivity index (χ1) is 9.06. The molecule has 5 heteroatoms. The van der Waals surface area contributed by atoms with Crippen molar-refractivity contribution >= 4 is 11.9 Å².